The molecule has 2 nitrogen and oxygen atoms in total. The largest absolute Gasteiger partial charge is 0.396 e. The second kappa shape index (κ2) is 6.15. The summed E-state index contributed by atoms with van der Waals surface area (Å²) in [6.45, 7) is 0.995. The van der Waals surface area contributed by atoms with Crippen LogP contribution in [-0.2, 0) is 0 Å². The molecule has 0 saturated heterocycles. The average molecular weight is 253 g/mol. The number of anilines is 2. The molecule has 0 spiro atoms. The molecule has 0 radical (unpaired) electrons. The number of halogens is 1. The minimum absolute atomic E-state index is 0.632. The molecule has 0 aromatic heterocycles. The third kappa shape index (κ3) is 3.53. The first kappa shape index (κ1) is 12.6. The zero-order valence-corrected chi connectivity index (χ0v) is 11.0. The zero-order valence-electron chi connectivity index (χ0n) is 10.2. The first-order valence-corrected chi connectivity index (χ1v) is 6.93. The van der Waals surface area contributed by atoms with E-state index in [0.717, 1.165) is 18.2 Å². The lowest BCUT2D eigenvalue weighted by atomic mass is 9.87. The summed E-state index contributed by atoms with van der Waals surface area (Å²) in [7, 11) is 0. The van der Waals surface area contributed by atoms with Crippen molar-refractivity contribution in [3.63, 3.8) is 0 Å². The summed E-state index contributed by atoms with van der Waals surface area (Å²) in [5, 5.41) is 4.02. The van der Waals surface area contributed by atoms with E-state index in [9.17, 15) is 0 Å². The monoisotopic (exact) mass is 252 g/mol. The molecule has 0 unspecified atom stereocenters. The average Bonchev–Trinajstić information content (AvgIpc) is 2.36. The van der Waals surface area contributed by atoms with Crippen molar-refractivity contribution in [3.8, 4) is 0 Å². The summed E-state index contributed by atoms with van der Waals surface area (Å²) >= 11 is 5.98. The molecular weight excluding hydrogens is 232 g/mol. The fourth-order valence-corrected chi connectivity index (χ4v) is 2.75. The van der Waals surface area contributed by atoms with Crippen LogP contribution in [-0.4, -0.2) is 6.54 Å². The second-order valence-electron chi connectivity index (χ2n) is 4.92. The van der Waals surface area contributed by atoms with Crippen LogP contribution in [0.4, 0.5) is 11.4 Å². The van der Waals surface area contributed by atoms with Crippen LogP contribution in [0.25, 0.3) is 0 Å². The maximum atomic E-state index is 5.98. The molecule has 1 fully saturated rings. The highest BCUT2D eigenvalue weighted by Crippen LogP contribution is 2.28. The zero-order chi connectivity index (χ0) is 12.1. The molecule has 2 rings (SSSR count). The van der Waals surface area contributed by atoms with Gasteiger partial charge in [-0.1, -0.05) is 49.8 Å². The predicted molar refractivity (Wildman–Crippen MR) is 75.5 cm³/mol. The van der Waals surface area contributed by atoms with Crippen LogP contribution in [0.2, 0.25) is 5.02 Å². The van der Waals surface area contributed by atoms with Gasteiger partial charge in [-0.3, -0.25) is 0 Å². The summed E-state index contributed by atoms with van der Waals surface area (Å²) < 4.78 is 0. The molecule has 1 aliphatic carbocycles. The maximum absolute atomic E-state index is 5.98. The summed E-state index contributed by atoms with van der Waals surface area (Å²) in [5.74, 6) is 0.900. The van der Waals surface area contributed by atoms with Crippen molar-refractivity contribution >= 4 is 23.0 Å². The predicted octanol–water partition coefficient (Wildman–Crippen LogP) is 4.30. The fraction of sp³-hybridized carbons (Fsp3) is 0.571. The number of rotatable bonds is 4. The van der Waals surface area contributed by atoms with Gasteiger partial charge in [-0.15, -0.1) is 0 Å². The Hall–Kier alpha value is -0.890. The van der Waals surface area contributed by atoms with Gasteiger partial charge in [-0.25, -0.2) is 0 Å². The van der Waals surface area contributed by atoms with Crippen molar-refractivity contribution in [2.75, 3.05) is 17.6 Å². The lowest BCUT2D eigenvalue weighted by Crippen LogP contribution is -2.12. The van der Waals surface area contributed by atoms with E-state index in [-0.39, 0.29) is 0 Å². The van der Waals surface area contributed by atoms with Crippen LogP contribution < -0.4 is 11.1 Å². The number of nitrogens with one attached hydrogen (secondary N) is 1. The normalized spacial score (nSPS) is 17.0. The molecule has 0 heterocycles. The summed E-state index contributed by atoms with van der Waals surface area (Å²) in [5.41, 5.74) is 7.54. The van der Waals surface area contributed by atoms with Gasteiger partial charge in [0.2, 0.25) is 0 Å². The molecule has 1 aromatic rings. The van der Waals surface area contributed by atoms with Gasteiger partial charge in [0.1, 0.15) is 0 Å². The van der Waals surface area contributed by atoms with Crippen LogP contribution >= 0.6 is 11.6 Å². The van der Waals surface area contributed by atoms with E-state index in [0.29, 0.717) is 10.7 Å². The Balaban J connectivity index is 1.79. The molecule has 0 aliphatic heterocycles. The number of para-hydroxylation sites is 1. The first-order chi connectivity index (χ1) is 8.27. The SMILES string of the molecule is Nc1c(Cl)cccc1NCCC1CCCCC1. The van der Waals surface area contributed by atoms with Crippen molar-refractivity contribution in [1.82, 2.24) is 0 Å². The number of nitrogen functional groups attached to an aromatic ring is 1. The quantitative estimate of drug-likeness (QED) is 0.784. The summed E-state index contributed by atoms with van der Waals surface area (Å²) in [4.78, 5) is 0. The van der Waals surface area contributed by atoms with Crippen molar-refractivity contribution in [2.24, 2.45) is 5.92 Å². The molecule has 17 heavy (non-hydrogen) atoms. The summed E-state index contributed by atoms with van der Waals surface area (Å²) in [6, 6.07) is 5.74. The highest BCUT2D eigenvalue weighted by Gasteiger charge is 2.12. The number of benzene rings is 1. The topological polar surface area (TPSA) is 38.0 Å². The van der Waals surface area contributed by atoms with E-state index in [1.54, 1.807) is 0 Å². The molecule has 3 N–H and O–H groups in total. The van der Waals surface area contributed by atoms with Crippen LogP contribution in [0, 0.1) is 5.92 Å². The molecule has 1 saturated carbocycles. The standard InChI is InChI=1S/C14H21ClN2/c15-12-7-4-8-13(14(12)16)17-10-9-11-5-2-1-3-6-11/h4,7-8,11,17H,1-3,5-6,9-10,16H2. The van der Waals surface area contributed by atoms with Crippen molar-refractivity contribution in [3.05, 3.63) is 23.2 Å². The highest BCUT2D eigenvalue weighted by molar-refractivity contribution is 6.33. The van der Waals surface area contributed by atoms with E-state index in [1.807, 2.05) is 18.2 Å². The number of hydrogen-bond donors (Lipinski definition) is 2. The Morgan fingerprint density at radius 3 is 2.76 bits per heavy atom. The third-order valence-corrected chi connectivity index (χ3v) is 3.98. The molecule has 1 aromatic carbocycles. The summed E-state index contributed by atoms with van der Waals surface area (Å²) in [6.07, 6.45) is 8.27. The van der Waals surface area contributed by atoms with Crippen LogP contribution in [0.1, 0.15) is 38.5 Å². The first-order valence-electron chi connectivity index (χ1n) is 6.55. The van der Waals surface area contributed by atoms with E-state index in [1.165, 1.54) is 38.5 Å². The van der Waals surface area contributed by atoms with Gasteiger partial charge in [0.15, 0.2) is 0 Å². The molecule has 3 heteroatoms. The molecule has 0 amide bonds. The third-order valence-electron chi connectivity index (χ3n) is 3.65. The van der Waals surface area contributed by atoms with Crippen molar-refractivity contribution in [1.29, 1.82) is 0 Å². The molecule has 0 atom stereocenters. The van der Waals surface area contributed by atoms with Gasteiger partial charge in [0.05, 0.1) is 16.4 Å². The van der Waals surface area contributed by atoms with Crippen molar-refractivity contribution < 1.29 is 0 Å². The molecule has 0 bridgehead atoms. The van der Waals surface area contributed by atoms with Gasteiger partial charge in [-0.2, -0.15) is 0 Å². The Morgan fingerprint density at radius 2 is 2.00 bits per heavy atom. The van der Waals surface area contributed by atoms with Gasteiger partial charge in [-0.05, 0) is 24.5 Å². The molecular formula is C14H21ClN2. The van der Waals surface area contributed by atoms with E-state index >= 15 is 0 Å². The number of hydrogen-bond acceptors (Lipinski definition) is 2. The Morgan fingerprint density at radius 1 is 1.24 bits per heavy atom. The van der Waals surface area contributed by atoms with E-state index in [4.69, 9.17) is 17.3 Å². The van der Waals surface area contributed by atoms with Gasteiger partial charge in [0, 0.05) is 6.54 Å². The van der Waals surface area contributed by atoms with Crippen LogP contribution in [0.5, 0.6) is 0 Å². The van der Waals surface area contributed by atoms with E-state index in [2.05, 4.69) is 5.32 Å². The Labute approximate surface area is 109 Å². The second-order valence-corrected chi connectivity index (χ2v) is 5.33. The molecule has 1 aliphatic rings. The smallest absolute Gasteiger partial charge is 0.0739 e. The van der Waals surface area contributed by atoms with Gasteiger partial charge in [0.25, 0.3) is 0 Å². The molecule has 94 valence electrons. The Bertz CT molecular complexity index is 359. The van der Waals surface area contributed by atoms with Gasteiger partial charge < -0.3 is 11.1 Å². The van der Waals surface area contributed by atoms with Gasteiger partial charge >= 0.3 is 0 Å². The lowest BCUT2D eigenvalue weighted by Gasteiger charge is -2.21. The van der Waals surface area contributed by atoms with Crippen LogP contribution in [0.15, 0.2) is 18.2 Å². The maximum Gasteiger partial charge on any atom is 0.0739 e. The lowest BCUT2D eigenvalue weighted by molar-refractivity contribution is 0.345. The van der Waals surface area contributed by atoms with Crippen LogP contribution in [0.3, 0.4) is 0 Å². The highest BCUT2D eigenvalue weighted by atomic mass is 35.5. The number of nitrogens with two attached hydrogens (primary N) is 1. The van der Waals surface area contributed by atoms with Crippen molar-refractivity contribution in [2.45, 2.75) is 38.5 Å². The fourth-order valence-electron chi connectivity index (χ4n) is 2.58. The minimum Gasteiger partial charge on any atom is -0.396 e. The Kier molecular flexibility index (Phi) is 4.55. The minimum atomic E-state index is 0.632. The van der Waals surface area contributed by atoms with E-state index < -0.39 is 0 Å².